The first-order chi connectivity index (χ1) is 7.37. The van der Waals surface area contributed by atoms with Crippen LogP contribution in [0.1, 0.15) is 0 Å². The highest BCUT2D eigenvalue weighted by Crippen LogP contribution is 2.31. The molecule has 0 bridgehead atoms. The maximum atomic E-state index is 13.2. The molecule has 0 atom stereocenters. The van der Waals surface area contributed by atoms with Gasteiger partial charge >= 0.3 is 6.36 Å². The number of H-pyrrole nitrogens is 1. The molecule has 0 fully saturated rings. The molecule has 86 valence electrons. The zero-order valence-corrected chi connectivity index (χ0v) is 8.99. The molecule has 16 heavy (non-hydrogen) atoms. The van der Waals surface area contributed by atoms with Gasteiger partial charge in [0.1, 0.15) is 11.0 Å². The molecule has 0 spiro atoms. The molecule has 0 unspecified atom stereocenters. The lowest BCUT2D eigenvalue weighted by Crippen LogP contribution is -2.17. The number of alkyl halides is 3. The molecule has 1 N–H and O–H groups in total. The number of ether oxygens (including phenoxy) is 1. The minimum Gasteiger partial charge on any atom is -0.403 e. The summed E-state index contributed by atoms with van der Waals surface area (Å²) in [6, 6.07) is 1.74. The van der Waals surface area contributed by atoms with Crippen molar-refractivity contribution in [3.8, 4) is 5.75 Å². The van der Waals surface area contributed by atoms with Gasteiger partial charge in [-0.05, 0) is 28.1 Å². The van der Waals surface area contributed by atoms with E-state index in [1.165, 1.54) is 0 Å². The second-order valence-corrected chi connectivity index (χ2v) is 3.60. The van der Waals surface area contributed by atoms with Gasteiger partial charge in [0, 0.05) is 0 Å². The smallest absolute Gasteiger partial charge is 0.403 e. The van der Waals surface area contributed by atoms with Crippen LogP contribution in [0.25, 0.3) is 11.0 Å². The number of rotatable bonds is 1. The quantitative estimate of drug-likeness (QED) is 0.820. The number of nitrogens with one attached hydrogen (secondary N) is 1. The van der Waals surface area contributed by atoms with E-state index in [4.69, 9.17) is 0 Å². The van der Waals surface area contributed by atoms with Gasteiger partial charge in [-0.3, -0.25) is 0 Å². The van der Waals surface area contributed by atoms with Crippen LogP contribution in [0.3, 0.4) is 0 Å². The highest BCUT2D eigenvalue weighted by atomic mass is 79.9. The van der Waals surface area contributed by atoms with E-state index in [2.05, 4.69) is 30.6 Å². The predicted octanol–water partition coefficient (Wildman–Crippen LogP) is 3.36. The summed E-state index contributed by atoms with van der Waals surface area (Å²) < 4.78 is 53.1. The van der Waals surface area contributed by atoms with E-state index in [0.717, 1.165) is 12.1 Å². The van der Waals surface area contributed by atoms with Crippen LogP contribution in [0.15, 0.2) is 16.9 Å². The van der Waals surface area contributed by atoms with Crippen molar-refractivity contribution in [2.45, 2.75) is 6.36 Å². The fourth-order valence-corrected chi connectivity index (χ4v) is 1.59. The molecule has 0 aliphatic heterocycles. The van der Waals surface area contributed by atoms with Crippen molar-refractivity contribution in [2.75, 3.05) is 0 Å². The fourth-order valence-electron chi connectivity index (χ4n) is 1.22. The summed E-state index contributed by atoms with van der Waals surface area (Å²) in [6.45, 7) is 0. The lowest BCUT2D eigenvalue weighted by atomic mass is 10.3. The van der Waals surface area contributed by atoms with E-state index in [9.17, 15) is 17.6 Å². The number of hydrogen-bond donors (Lipinski definition) is 1. The molecule has 0 aliphatic carbocycles. The number of halogens is 5. The molecule has 0 aliphatic rings. The van der Waals surface area contributed by atoms with Crippen LogP contribution in [-0.4, -0.2) is 16.3 Å². The maximum Gasteiger partial charge on any atom is 0.573 e. The lowest BCUT2D eigenvalue weighted by molar-refractivity contribution is -0.274. The third-order valence-electron chi connectivity index (χ3n) is 1.75. The first-order valence-corrected chi connectivity index (χ1v) is 4.75. The minimum atomic E-state index is -4.83. The van der Waals surface area contributed by atoms with Crippen molar-refractivity contribution in [2.24, 2.45) is 0 Å². The monoisotopic (exact) mass is 298 g/mol. The van der Waals surface area contributed by atoms with Crippen LogP contribution in [0, 0.1) is 5.82 Å². The Morgan fingerprint density at radius 2 is 2.00 bits per heavy atom. The standard InChI is InChI=1S/C8H3BrF4N2O/c9-7-14-5-3(10)1-2-4(6(5)15-7)16-8(11,12)13/h1-2H,(H,14,15). The first-order valence-electron chi connectivity index (χ1n) is 3.96. The minimum absolute atomic E-state index is 0.125. The van der Waals surface area contributed by atoms with E-state index < -0.39 is 17.9 Å². The highest BCUT2D eigenvalue weighted by Gasteiger charge is 2.32. The Balaban J connectivity index is 2.58. The second-order valence-electron chi connectivity index (χ2n) is 2.84. The highest BCUT2D eigenvalue weighted by molar-refractivity contribution is 9.10. The van der Waals surface area contributed by atoms with Crippen LogP contribution >= 0.6 is 15.9 Å². The summed E-state index contributed by atoms with van der Waals surface area (Å²) in [5.74, 6) is -1.26. The third-order valence-corrected chi connectivity index (χ3v) is 2.13. The summed E-state index contributed by atoms with van der Waals surface area (Å²) in [7, 11) is 0. The molecule has 0 saturated heterocycles. The SMILES string of the molecule is Fc1ccc(OC(F)(F)F)c2[nH]c(Br)nc12. The molecule has 0 radical (unpaired) electrons. The summed E-state index contributed by atoms with van der Waals surface area (Å²) in [6.07, 6.45) is -4.83. The zero-order valence-electron chi connectivity index (χ0n) is 7.40. The number of imidazole rings is 1. The first kappa shape index (κ1) is 11.2. The van der Waals surface area contributed by atoms with Crippen molar-refractivity contribution in [1.82, 2.24) is 9.97 Å². The Bertz CT molecular complexity index is 537. The van der Waals surface area contributed by atoms with Gasteiger partial charge in [0.25, 0.3) is 0 Å². The van der Waals surface area contributed by atoms with Crippen molar-refractivity contribution in [3.63, 3.8) is 0 Å². The number of benzene rings is 1. The summed E-state index contributed by atoms with van der Waals surface area (Å²) >= 11 is 2.90. The van der Waals surface area contributed by atoms with E-state index in [0.29, 0.717) is 0 Å². The molecule has 8 heteroatoms. The molecular weight excluding hydrogens is 296 g/mol. The number of aromatic amines is 1. The molecule has 1 aromatic carbocycles. The Labute approximate surface area is 94.6 Å². The van der Waals surface area contributed by atoms with Gasteiger partial charge in [-0.25, -0.2) is 9.37 Å². The molecule has 3 nitrogen and oxygen atoms in total. The van der Waals surface area contributed by atoms with Crippen LogP contribution in [-0.2, 0) is 0 Å². The van der Waals surface area contributed by atoms with E-state index >= 15 is 0 Å². The Morgan fingerprint density at radius 1 is 1.31 bits per heavy atom. The molecule has 0 amide bonds. The average Bonchev–Trinajstić information content (AvgIpc) is 2.51. The molecule has 0 saturated carbocycles. The molecule has 2 aromatic rings. The lowest BCUT2D eigenvalue weighted by Gasteiger charge is -2.09. The van der Waals surface area contributed by atoms with Crippen LogP contribution in [0.5, 0.6) is 5.75 Å². The Hall–Kier alpha value is -1.31. The van der Waals surface area contributed by atoms with E-state index in [1.807, 2.05) is 0 Å². The largest absolute Gasteiger partial charge is 0.573 e. The normalized spacial score (nSPS) is 12.1. The zero-order chi connectivity index (χ0) is 11.9. The fraction of sp³-hybridized carbons (Fsp3) is 0.125. The number of aromatic nitrogens is 2. The molecular formula is C8H3BrF4N2O. The predicted molar refractivity (Wildman–Crippen MR) is 50.4 cm³/mol. The van der Waals surface area contributed by atoms with Crippen molar-refractivity contribution in [1.29, 1.82) is 0 Å². The average molecular weight is 299 g/mol. The summed E-state index contributed by atoms with van der Waals surface area (Å²) in [5, 5.41) is 0. The van der Waals surface area contributed by atoms with Crippen LogP contribution in [0.4, 0.5) is 17.6 Å². The van der Waals surface area contributed by atoms with Gasteiger partial charge in [0.15, 0.2) is 16.3 Å². The van der Waals surface area contributed by atoms with E-state index in [1.54, 1.807) is 0 Å². The van der Waals surface area contributed by atoms with E-state index in [-0.39, 0.29) is 15.8 Å². The van der Waals surface area contributed by atoms with Crippen molar-refractivity contribution >= 4 is 27.0 Å². The number of fused-ring (bicyclic) bond motifs is 1. The van der Waals surface area contributed by atoms with Gasteiger partial charge < -0.3 is 9.72 Å². The van der Waals surface area contributed by atoms with Gasteiger partial charge in [0.2, 0.25) is 0 Å². The van der Waals surface area contributed by atoms with Gasteiger partial charge in [-0.2, -0.15) is 0 Å². The third kappa shape index (κ3) is 2.11. The van der Waals surface area contributed by atoms with Crippen LogP contribution in [0.2, 0.25) is 0 Å². The summed E-state index contributed by atoms with van der Waals surface area (Å²) in [4.78, 5) is 6.07. The molecule has 2 rings (SSSR count). The van der Waals surface area contributed by atoms with Gasteiger partial charge in [0.05, 0.1) is 0 Å². The maximum absolute atomic E-state index is 13.2. The van der Waals surface area contributed by atoms with Crippen molar-refractivity contribution < 1.29 is 22.3 Å². The van der Waals surface area contributed by atoms with Crippen LogP contribution < -0.4 is 4.74 Å². The number of hydrogen-bond acceptors (Lipinski definition) is 2. The van der Waals surface area contributed by atoms with Gasteiger partial charge in [-0.1, -0.05) is 0 Å². The molecule has 1 heterocycles. The second kappa shape index (κ2) is 3.62. The Morgan fingerprint density at radius 3 is 2.62 bits per heavy atom. The molecule has 1 aromatic heterocycles. The van der Waals surface area contributed by atoms with Gasteiger partial charge in [-0.15, -0.1) is 13.2 Å². The summed E-state index contributed by atoms with van der Waals surface area (Å²) in [5.41, 5.74) is -0.363. The Kier molecular flexibility index (Phi) is 2.53. The topological polar surface area (TPSA) is 37.9 Å². The number of nitrogens with zero attached hydrogens (tertiary/aromatic N) is 1. The van der Waals surface area contributed by atoms with Crippen molar-refractivity contribution in [3.05, 3.63) is 22.7 Å².